The predicted molar refractivity (Wildman–Crippen MR) is 69.2 cm³/mol. The van der Waals surface area contributed by atoms with Crippen LogP contribution in [0.2, 0.25) is 0 Å². The highest BCUT2D eigenvalue weighted by Gasteiger charge is 2.12. The number of carbonyl (C=O) groups is 1. The van der Waals surface area contributed by atoms with Crippen LogP contribution < -0.4 is 0 Å². The van der Waals surface area contributed by atoms with Crippen LogP contribution in [0, 0.1) is 0 Å². The number of aromatic nitrogens is 4. The van der Waals surface area contributed by atoms with Crippen LogP contribution in [0.5, 0.6) is 5.75 Å². The van der Waals surface area contributed by atoms with Gasteiger partial charge in [-0.1, -0.05) is 0 Å². The minimum atomic E-state index is -0.444. The molecule has 0 aliphatic heterocycles. The van der Waals surface area contributed by atoms with Crippen molar-refractivity contribution in [3.63, 3.8) is 0 Å². The Labute approximate surface area is 113 Å². The minimum Gasteiger partial charge on any atom is -0.506 e. The fourth-order valence-corrected chi connectivity index (χ4v) is 1.88. The van der Waals surface area contributed by atoms with Crippen molar-refractivity contribution in [1.82, 2.24) is 19.6 Å². The second kappa shape index (κ2) is 4.61. The Morgan fingerprint density at radius 1 is 1.30 bits per heavy atom. The molecule has 0 unspecified atom stereocenters. The summed E-state index contributed by atoms with van der Waals surface area (Å²) in [6.07, 6.45) is 4.47. The Morgan fingerprint density at radius 3 is 2.90 bits per heavy atom. The zero-order valence-corrected chi connectivity index (χ0v) is 10.5. The van der Waals surface area contributed by atoms with Gasteiger partial charge in [0.25, 0.3) is 0 Å². The van der Waals surface area contributed by atoms with Gasteiger partial charge in [-0.15, -0.1) is 10.2 Å². The second-order valence-corrected chi connectivity index (χ2v) is 4.09. The Kier molecular flexibility index (Phi) is 2.79. The smallest absolute Gasteiger partial charge is 0.339 e. The van der Waals surface area contributed by atoms with Crippen LogP contribution in [0.3, 0.4) is 0 Å². The summed E-state index contributed by atoms with van der Waals surface area (Å²) < 4.78 is 6.32. The molecule has 3 heterocycles. The molecule has 1 N–H and O–H groups in total. The van der Waals surface area contributed by atoms with E-state index in [4.69, 9.17) is 0 Å². The third kappa shape index (κ3) is 1.95. The average Bonchev–Trinajstić information content (AvgIpc) is 2.89. The van der Waals surface area contributed by atoms with Crippen LogP contribution in [0.25, 0.3) is 17.0 Å². The number of aromatic hydroxyl groups is 1. The molecule has 0 aliphatic rings. The Bertz CT molecular complexity index is 797. The Hall–Kier alpha value is -2.96. The molecular weight excluding hydrogens is 260 g/mol. The molecule has 0 aliphatic carbocycles. The number of esters is 1. The molecule has 0 fully saturated rings. The maximum atomic E-state index is 11.6. The molecule has 100 valence electrons. The van der Waals surface area contributed by atoms with Gasteiger partial charge in [0.1, 0.15) is 5.75 Å². The lowest BCUT2D eigenvalue weighted by molar-refractivity contribution is 0.0600. The lowest BCUT2D eigenvalue weighted by atomic mass is 10.2. The summed E-state index contributed by atoms with van der Waals surface area (Å²) in [4.78, 5) is 15.5. The van der Waals surface area contributed by atoms with Gasteiger partial charge < -0.3 is 9.84 Å². The van der Waals surface area contributed by atoms with E-state index in [1.807, 2.05) is 0 Å². The van der Waals surface area contributed by atoms with Gasteiger partial charge in [-0.3, -0.25) is 9.38 Å². The highest BCUT2D eigenvalue weighted by Crippen LogP contribution is 2.21. The molecule has 7 heteroatoms. The number of carbonyl (C=O) groups excluding carboxylic acids is 1. The zero-order valence-electron chi connectivity index (χ0n) is 10.5. The molecule has 7 nitrogen and oxygen atoms in total. The van der Waals surface area contributed by atoms with Crippen molar-refractivity contribution < 1.29 is 14.6 Å². The van der Waals surface area contributed by atoms with Crippen LogP contribution in [-0.2, 0) is 4.74 Å². The summed E-state index contributed by atoms with van der Waals surface area (Å²) in [6, 6.07) is 4.80. The molecule has 0 radical (unpaired) electrons. The van der Waals surface area contributed by atoms with E-state index in [-0.39, 0.29) is 5.75 Å². The first-order valence-electron chi connectivity index (χ1n) is 5.76. The molecule has 0 spiro atoms. The van der Waals surface area contributed by atoms with Crippen LogP contribution in [-0.4, -0.2) is 37.8 Å². The molecular formula is C13H10N4O3. The zero-order chi connectivity index (χ0) is 14.1. The van der Waals surface area contributed by atoms with Crippen molar-refractivity contribution in [2.45, 2.75) is 0 Å². The van der Waals surface area contributed by atoms with E-state index in [0.29, 0.717) is 22.6 Å². The summed E-state index contributed by atoms with van der Waals surface area (Å²) in [7, 11) is 1.32. The summed E-state index contributed by atoms with van der Waals surface area (Å²) in [5.41, 5.74) is 1.56. The van der Waals surface area contributed by atoms with Gasteiger partial charge in [-0.25, -0.2) is 4.79 Å². The predicted octanol–water partition coefficient (Wildman–Crippen LogP) is 1.28. The summed E-state index contributed by atoms with van der Waals surface area (Å²) in [5, 5.41) is 17.5. The number of hydrogen-bond donors (Lipinski definition) is 1. The molecule has 0 bridgehead atoms. The number of rotatable bonds is 2. The molecule has 3 aromatic rings. The van der Waals surface area contributed by atoms with E-state index in [1.165, 1.54) is 19.4 Å². The van der Waals surface area contributed by atoms with Gasteiger partial charge in [0.15, 0.2) is 11.5 Å². The van der Waals surface area contributed by atoms with E-state index in [0.717, 1.165) is 0 Å². The van der Waals surface area contributed by atoms with Crippen molar-refractivity contribution in [3.05, 3.63) is 42.4 Å². The van der Waals surface area contributed by atoms with Gasteiger partial charge in [-0.2, -0.15) is 0 Å². The number of nitrogens with zero attached hydrogens (tertiary/aromatic N) is 4. The topological polar surface area (TPSA) is 89.6 Å². The fraction of sp³-hybridized carbons (Fsp3) is 0.0769. The van der Waals surface area contributed by atoms with Crippen LogP contribution >= 0.6 is 0 Å². The molecule has 0 amide bonds. The van der Waals surface area contributed by atoms with Gasteiger partial charge in [-0.05, 0) is 18.2 Å². The van der Waals surface area contributed by atoms with Crippen molar-refractivity contribution in [2.24, 2.45) is 0 Å². The number of fused-ring (bicyclic) bond motifs is 1. The molecule has 3 rings (SSSR count). The van der Waals surface area contributed by atoms with Gasteiger partial charge in [0.05, 0.1) is 18.9 Å². The Balaban J connectivity index is 2.19. The monoisotopic (exact) mass is 270 g/mol. The Morgan fingerprint density at radius 2 is 2.15 bits per heavy atom. The summed E-state index contributed by atoms with van der Waals surface area (Å²) in [6.45, 7) is 0. The number of pyridine rings is 2. The van der Waals surface area contributed by atoms with E-state index in [2.05, 4.69) is 19.9 Å². The molecule has 3 aromatic heterocycles. The maximum absolute atomic E-state index is 11.6. The van der Waals surface area contributed by atoms with Crippen molar-refractivity contribution in [3.8, 4) is 17.1 Å². The van der Waals surface area contributed by atoms with Crippen LogP contribution in [0.1, 0.15) is 10.4 Å². The lowest BCUT2D eigenvalue weighted by Crippen LogP contribution is -2.03. The first kappa shape index (κ1) is 12.1. The molecule has 20 heavy (non-hydrogen) atoms. The van der Waals surface area contributed by atoms with Crippen LogP contribution in [0.15, 0.2) is 36.8 Å². The van der Waals surface area contributed by atoms with Crippen molar-refractivity contribution >= 4 is 11.6 Å². The highest BCUT2D eigenvalue weighted by molar-refractivity contribution is 5.89. The van der Waals surface area contributed by atoms with E-state index < -0.39 is 5.97 Å². The van der Waals surface area contributed by atoms with E-state index in [1.54, 1.807) is 28.9 Å². The van der Waals surface area contributed by atoms with Crippen molar-refractivity contribution in [2.75, 3.05) is 7.11 Å². The second-order valence-electron chi connectivity index (χ2n) is 4.09. The SMILES string of the molecule is COC(=O)c1ccc2nnc(-c3cncc(O)c3)n2c1. The van der Waals surface area contributed by atoms with E-state index >= 15 is 0 Å². The molecule has 0 atom stereocenters. The number of hydrogen-bond acceptors (Lipinski definition) is 6. The average molecular weight is 270 g/mol. The molecule has 0 aromatic carbocycles. The van der Waals surface area contributed by atoms with E-state index in [9.17, 15) is 9.90 Å². The normalized spacial score (nSPS) is 10.7. The van der Waals surface area contributed by atoms with Crippen LogP contribution in [0.4, 0.5) is 0 Å². The highest BCUT2D eigenvalue weighted by atomic mass is 16.5. The molecule has 0 saturated carbocycles. The summed E-state index contributed by atoms with van der Waals surface area (Å²) in [5.74, 6) is 0.0677. The largest absolute Gasteiger partial charge is 0.506 e. The fourth-order valence-electron chi connectivity index (χ4n) is 1.88. The quantitative estimate of drug-likeness (QED) is 0.705. The van der Waals surface area contributed by atoms with Gasteiger partial charge in [0.2, 0.25) is 0 Å². The first-order valence-corrected chi connectivity index (χ1v) is 5.76. The standard InChI is InChI=1S/C13H10N4O3/c1-20-13(19)8-2-3-11-15-16-12(17(11)7-8)9-4-10(18)6-14-5-9/h2-7,18H,1H3. The van der Waals surface area contributed by atoms with Gasteiger partial charge in [0, 0.05) is 18.0 Å². The third-order valence-electron chi connectivity index (χ3n) is 2.81. The third-order valence-corrected chi connectivity index (χ3v) is 2.81. The lowest BCUT2D eigenvalue weighted by Gasteiger charge is -2.03. The minimum absolute atomic E-state index is 0.0309. The van der Waals surface area contributed by atoms with Crippen molar-refractivity contribution in [1.29, 1.82) is 0 Å². The molecule has 0 saturated heterocycles. The number of methoxy groups -OCH3 is 1. The first-order chi connectivity index (χ1) is 9.69. The maximum Gasteiger partial charge on any atom is 0.339 e. The van der Waals surface area contributed by atoms with Gasteiger partial charge >= 0.3 is 5.97 Å². The number of ether oxygens (including phenoxy) is 1. The summed E-state index contributed by atoms with van der Waals surface area (Å²) >= 11 is 0.